The molecule has 0 aliphatic heterocycles. The van der Waals surface area contributed by atoms with Crippen LogP contribution in [0.3, 0.4) is 0 Å². The SMILES string of the molecule is CCCCNc1nccn1-c1ccc(Cl)c(F)c1. The molecule has 0 aliphatic rings. The molecule has 5 heteroatoms. The third kappa shape index (κ3) is 2.82. The van der Waals surface area contributed by atoms with Crippen molar-refractivity contribution in [2.75, 3.05) is 11.9 Å². The van der Waals surface area contributed by atoms with Crippen molar-refractivity contribution in [3.63, 3.8) is 0 Å². The Kier molecular flexibility index (Phi) is 4.20. The molecule has 1 aromatic carbocycles. The van der Waals surface area contributed by atoms with E-state index in [1.54, 1.807) is 29.1 Å². The summed E-state index contributed by atoms with van der Waals surface area (Å²) in [4.78, 5) is 4.21. The van der Waals surface area contributed by atoms with E-state index in [1.165, 1.54) is 6.07 Å². The van der Waals surface area contributed by atoms with Gasteiger partial charge in [-0.05, 0) is 24.6 Å². The van der Waals surface area contributed by atoms with Crippen molar-refractivity contribution in [1.82, 2.24) is 9.55 Å². The molecule has 3 nitrogen and oxygen atoms in total. The van der Waals surface area contributed by atoms with Gasteiger partial charge in [-0.15, -0.1) is 0 Å². The lowest BCUT2D eigenvalue weighted by Gasteiger charge is -2.09. The van der Waals surface area contributed by atoms with Crippen LogP contribution in [0.1, 0.15) is 19.8 Å². The number of rotatable bonds is 5. The van der Waals surface area contributed by atoms with Crippen LogP contribution in [0, 0.1) is 5.82 Å². The van der Waals surface area contributed by atoms with E-state index in [4.69, 9.17) is 11.6 Å². The molecule has 0 saturated heterocycles. The minimum Gasteiger partial charge on any atom is -0.355 e. The summed E-state index contributed by atoms with van der Waals surface area (Å²) in [5.74, 6) is 0.285. The number of nitrogens with one attached hydrogen (secondary N) is 1. The molecule has 0 aliphatic carbocycles. The summed E-state index contributed by atoms with van der Waals surface area (Å²) in [5, 5.41) is 3.35. The predicted molar refractivity (Wildman–Crippen MR) is 71.9 cm³/mol. The Hall–Kier alpha value is -1.55. The lowest BCUT2D eigenvalue weighted by atomic mass is 10.3. The predicted octanol–water partition coefficient (Wildman–Crippen LogP) is 3.88. The number of nitrogens with zero attached hydrogens (tertiary/aromatic N) is 2. The molecule has 0 amide bonds. The van der Waals surface area contributed by atoms with Gasteiger partial charge in [-0.25, -0.2) is 9.37 Å². The van der Waals surface area contributed by atoms with Crippen LogP contribution < -0.4 is 5.32 Å². The average molecular weight is 268 g/mol. The summed E-state index contributed by atoms with van der Waals surface area (Å²) in [5.41, 5.74) is 0.702. The van der Waals surface area contributed by atoms with Crippen LogP contribution in [-0.4, -0.2) is 16.1 Å². The number of unbranched alkanes of at least 4 members (excludes halogenated alkanes) is 1. The lowest BCUT2D eigenvalue weighted by Crippen LogP contribution is -2.07. The molecule has 0 spiro atoms. The number of hydrogen-bond donors (Lipinski definition) is 1. The van der Waals surface area contributed by atoms with Gasteiger partial charge in [0.2, 0.25) is 5.95 Å². The summed E-state index contributed by atoms with van der Waals surface area (Å²) in [7, 11) is 0. The molecular formula is C13H15ClFN3. The first-order valence-electron chi connectivity index (χ1n) is 5.95. The fourth-order valence-corrected chi connectivity index (χ4v) is 1.77. The fourth-order valence-electron chi connectivity index (χ4n) is 1.65. The largest absolute Gasteiger partial charge is 0.355 e. The monoisotopic (exact) mass is 267 g/mol. The Morgan fingerprint density at radius 3 is 3.00 bits per heavy atom. The summed E-state index contributed by atoms with van der Waals surface area (Å²) >= 11 is 5.67. The standard InChI is InChI=1S/C13H15ClFN3/c1-2-3-6-16-13-17-7-8-18(13)10-4-5-11(14)12(15)9-10/h4-5,7-9H,2-3,6H2,1H3,(H,16,17). The highest BCUT2D eigenvalue weighted by molar-refractivity contribution is 6.30. The maximum atomic E-state index is 13.4. The zero-order valence-corrected chi connectivity index (χ0v) is 10.9. The van der Waals surface area contributed by atoms with E-state index >= 15 is 0 Å². The molecule has 0 fully saturated rings. The number of anilines is 1. The Morgan fingerprint density at radius 1 is 1.44 bits per heavy atom. The van der Waals surface area contributed by atoms with E-state index in [0.29, 0.717) is 11.6 Å². The minimum absolute atomic E-state index is 0.124. The van der Waals surface area contributed by atoms with Crippen molar-refractivity contribution < 1.29 is 4.39 Å². The molecule has 1 N–H and O–H groups in total. The highest BCUT2D eigenvalue weighted by atomic mass is 35.5. The molecule has 0 bridgehead atoms. The number of hydrogen-bond acceptors (Lipinski definition) is 2. The van der Waals surface area contributed by atoms with Crippen molar-refractivity contribution >= 4 is 17.5 Å². The van der Waals surface area contributed by atoms with E-state index in [-0.39, 0.29) is 5.02 Å². The molecule has 96 valence electrons. The Labute approximate surface area is 111 Å². The van der Waals surface area contributed by atoms with Gasteiger partial charge < -0.3 is 5.32 Å². The van der Waals surface area contributed by atoms with Crippen LogP contribution in [0.2, 0.25) is 5.02 Å². The van der Waals surface area contributed by atoms with Gasteiger partial charge in [0.05, 0.1) is 10.7 Å². The van der Waals surface area contributed by atoms with Crippen LogP contribution in [0.25, 0.3) is 5.69 Å². The highest BCUT2D eigenvalue weighted by Crippen LogP contribution is 2.20. The second kappa shape index (κ2) is 5.87. The molecule has 0 saturated carbocycles. The first-order valence-corrected chi connectivity index (χ1v) is 6.33. The molecule has 1 aromatic heterocycles. The Balaban J connectivity index is 2.22. The smallest absolute Gasteiger partial charge is 0.207 e. The summed E-state index contributed by atoms with van der Waals surface area (Å²) in [6.45, 7) is 2.98. The average Bonchev–Trinajstić information content (AvgIpc) is 2.81. The Morgan fingerprint density at radius 2 is 2.28 bits per heavy atom. The summed E-state index contributed by atoms with van der Waals surface area (Å²) in [6, 6.07) is 4.70. The van der Waals surface area contributed by atoms with Crippen LogP contribution in [-0.2, 0) is 0 Å². The van der Waals surface area contributed by atoms with E-state index in [1.807, 2.05) is 0 Å². The maximum Gasteiger partial charge on any atom is 0.207 e. The molecule has 2 aromatic rings. The fraction of sp³-hybridized carbons (Fsp3) is 0.308. The van der Waals surface area contributed by atoms with Crippen molar-refractivity contribution in [3.05, 3.63) is 41.4 Å². The van der Waals surface area contributed by atoms with Crippen molar-refractivity contribution in [3.8, 4) is 5.69 Å². The maximum absolute atomic E-state index is 13.4. The van der Waals surface area contributed by atoms with E-state index in [0.717, 1.165) is 19.4 Å². The van der Waals surface area contributed by atoms with Crippen molar-refractivity contribution in [1.29, 1.82) is 0 Å². The first kappa shape index (κ1) is 12.9. The van der Waals surface area contributed by atoms with Gasteiger partial charge in [-0.3, -0.25) is 4.57 Å². The molecule has 2 rings (SSSR count). The third-order valence-electron chi connectivity index (χ3n) is 2.64. The van der Waals surface area contributed by atoms with E-state index < -0.39 is 5.82 Å². The molecule has 1 heterocycles. The van der Waals surface area contributed by atoms with Gasteiger partial charge in [-0.1, -0.05) is 24.9 Å². The molecule has 18 heavy (non-hydrogen) atoms. The minimum atomic E-state index is -0.428. The van der Waals surface area contributed by atoms with Gasteiger partial charge in [0, 0.05) is 18.9 Å². The normalized spacial score (nSPS) is 10.6. The summed E-state index contributed by atoms with van der Waals surface area (Å²) < 4.78 is 15.2. The first-order chi connectivity index (χ1) is 8.72. The van der Waals surface area contributed by atoms with Crippen LogP contribution >= 0.6 is 11.6 Å². The van der Waals surface area contributed by atoms with Gasteiger partial charge in [0.1, 0.15) is 5.82 Å². The number of halogens is 2. The van der Waals surface area contributed by atoms with Gasteiger partial charge in [0.25, 0.3) is 0 Å². The topological polar surface area (TPSA) is 29.9 Å². The highest BCUT2D eigenvalue weighted by Gasteiger charge is 2.07. The van der Waals surface area contributed by atoms with Crippen LogP contribution in [0.15, 0.2) is 30.6 Å². The van der Waals surface area contributed by atoms with E-state index in [2.05, 4.69) is 17.2 Å². The summed E-state index contributed by atoms with van der Waals surface area (Å²) in [6.07, 6.45) is 5.66. The molecule has 0 radical (unpaired) electrons. The van der Waals surface area contributed by atoms with Crippen molar-refractivity contribution in [2.45, 2.75) is 19.8 Å². The van der Waals surface area contributed by atoms with Crippen molar-refractivity contribution in [2.24, 2.45) is 0 Å². The quantitative estimate of drug-likeness (QED) is 0.834. The second-order valence-corrected chi connectivity index (χ2v) is 4.41. The Bertz CT molecular complexity index is 525. The van der Waals surface area contributed by atoms with E-state index in [9.17, 15) is 4.39 Å². The van der Waals surface area contributed by atoms with Gasteiger partial charge in [-0.2, -0.15) is 0 Å². The molecular weight excluding hydrogens is 253 g/mol. The molecule has 0 unspecified atom stereocenters. The lowest BCUT2D eigenvalue weighted by molar-refractivity contribution is 0.627. The number of imidazole rings is 1. The number of aromatic nitrogens is 2. The third-order valence-corrected chi connectivity index (χ3v) is 2.94. The molecule has 0 atom stereocenters. The zero-order chi connectivity index (χ0) is 13.0. The number of benzene rings is 1. The van der Waals surface area contributed by atoms with Crippen LogP contribution in [0.4, 0.5) is 10.3 Å². The van der Waals surface area contributed by atoms with Gasteiger partial charge in [0.15, 0.2) is 0 Å². The zero-order valence-electron chi connectivity index (χ0n) is 10.2. The van der Waals surface area contributed by atoms with Crippen LogP contribution in [0.5, 0.6) is 0 Å². The second-order valence-electron chi connectivity index (χ2n) is 4.00. The van der Waals surface area contributed by atoms with Gasteiger partial charge >= 0.3 is 0 Å².